The lowest BCUT2D eigenvalue weighted by molar-refractivity contribution is -0.164. The molecule has 0 bridgehead atoms. The van der Waals surface area contributed by atoms with Crippen molar-refractivity contribution in [2.45, 2.75) is 31.5 Å². The highest BCUT2D eigenvalue weighted by molar-refractivity contribution is 4.92. The van der Waals surface area contributed by atoms with E-state index in [-0.39, 0.29) is 12.6 Å². The summed E-state index contributed by atoms with van der Waals surface area (Å²) in [5.41, 5.74) is 0. The Balaban J connectivity index is 2.44. The summed E-state index contributed by atoms with van der Waals surface area (Å²) in [4.78, 5) is 1.64. The van der Waals surface area contributed by atoms with Gasteiger partial charge in [-0.05, 0) is 19.9 Å². The zero-order chi connectivity index (χ0) is 10.8. The van der Waals surface area contributed by atoms with Crippen molar-refractivity contribution in [3.8, 4) is 6.07 Å². The minimum atomic E-state index is -4.40. The predicted molar refractivity (Wildman–Crippen MR) is 45.4 cm³/mol. The van der Waals surface area contributed by atoms with Crippen molar-refractivity contribution in [2.75, 3.05) is 13.6 Å². The molecule has 0 aliphatic heterocycles. The number of hydrogen-bond donors (Lipinski definition) is 0. The second-order valence-electron chi connectivity index (χ2n) is 3.75. The minimum absolute atomic E-state index is 0.204. The Hall–Kier alpha value is -0.760. The van der Waals surface area contributed by atoms with Crippen molar-refractivity contribution in [3.63, 3.8) is 0 Å². The molecular formula is C9H13F3N2. The topological polar surface area (TPSA) is 27.0 Å². The molecule has 0 aromatic carbocycles. The van der Waals surface area contributed by atoms with Gasteiger partial charge in [-0.1, -0.05) is 6.42 Å². The van der Waals surface area contributed by atoms with E-state index in [2.05, 4.69) is 0 Å². The number of halogens is 3. The first-order chi connectivity index (χ1) is 6.45. The van der Waals surface area contributed by atoms with Gasteiger partial charge in [-0.3, -0.25) is 0 Å². The van der Waals surface area contributed by atoms with Gasteiger partial charge in [0.15, 0.2) is 5.92 Å². The van der Waals surface area contributed by atoms with E-state index in [1.165, 1.54) is 6.07 Å². The highest BCUT2D eigenvalue weighted by Crippen LogP contribution is 2.29. The van der Waals surface area contributed by atoms with Crippen molar-refractivity contribution >= 4 is 0 Å². The average Bonchev–Trinajstić information content (AvgIpc) is 1.94. The zero-order valence-corrected chi connectivity index (χ0v) is 8.01. The highest BCUT2D eigenvalue weighted by atomic mass is 19.4. The summed E-state index contributed by atoms with van der Waals surface area (Å²) >= 11 is 0. The number of hydrogen-bond acceptors (Lipinski definition) is 2. The highest BCUT2D eigenvalue weighted by Gasteiger charge is 2.41. The third-order valence-electron chi connectivity index (χ3n) is 2.72. The largest absolute Gasteiger partial charge is 0.405 e. The standard InChI is InChI=1S/C9H13F3N2/c1-14(8-3-2-4-8)6-7(5-13)9(10,11)12/h7-8H,2-4,6H2,1H3. The third-order valence-corrected chi connectivity index (χ3v) is 2.72. The summed E-state index contributed by atoms with van der Waals surface area (Å²) in [6.07, 6.45) is -1.41. The summed E-state index contributed by atoms with van der Waals surface area (Å²) < 4.78 is 36.7. The van der Waals surface area contributed by atoms with Gasteiger partial charge in [0.2, 0.25) is 0 Å². The van der Waals surface area contributed by atoms with Gasteiger partial charge in [0.05, 0.1) is 6.07 Å². The quantitative estimate of drug-likeness (QED) is 0.707. The van der Waals surface area contributed by atoms with Gasteiger partial charge in [0.25, 0.3) is 0 Å². The zero-order valence-electron chi connectivity index (χ0n) is 8.01. The van der Waals surface area contributed by atoms with Crippen LogP contribution >= 0.6 is 0 Å². The fourth-order valence-corrected chi connectivity index (χ4v) is 1.48. The molecule has 0 aromatic rings. The van der Waals surface area contributed by atoms with Crippen LogP contribution in [0.3, 0.4) is 0 Å². The Morgan fingerprint density at radius 2 is 2.07 bits per heavy atom. The summed E-state index contributed by atoms with van der Waals surface area (Å²) in [6.45, 7) is -0.204. The maximum absolute atomic E-state index is 12.2. The van der Waals surface area contributed by atoms with Gasteiger partial charge in [-0.2, -0.15) is 18.4 Å². The molecule has 1 unspecified atom stereocenters. The van der Waals surface area contributed by atoms with Crippen molar-refractivity contribution in [1.82, 2.24) is 4.90 Å². The number of alkyl halides is 3. The molecule has 0 radical (unpaired) electrons. The molecule has 0 saturated heterocycles. The minimum Gasteiger partial charge on any atom is -0.302 e. The maximum Gasteiger partial charge on any atom is 0.405 e. The molecule has 0 aromatic heterocycles. The van der Waals surface area contributed by atoms with Crippen molar-refractivity contribution < 1.29 is 13.2 Å². The number of rotatable bonds is 3. The van der Waals surface area contributed by atoms with Gasteiger partial charge < -0.3 is 4.90 Å². The summed E-state index contributed by atoms with van der Waals surface area (Å²) in [5.74, 6) is -1.85. The Morgan fingerprint density at radius 3 is 2.36 bits per heavy atom. The molecule has 14 heavy (non-hydrogen) atoms. The maximum atomic E-state index is 12.2. The van der Waals surface area contributed by atoms with Crippen LogP contribution < -0.4 is 0 Å². The molecule has 1 aliphatic carbocycles. The third kappa shape index (κ3) is 2.61. The van der Waals surface area contributed by atoms with Crippen LogP contribution in [0.5, 0.6) is 0 Å². The Morgan fingerprint density at radius 1 is 1.50 bits per heavy atom. The van der Waals surface area contributed by atoms with Gasteiger partial charge in [-0.15, -0.1) is 0 Å². The van der Waals surface area contributed by atoms with Gasteiger partial charge in [0, 0.05) is 12.6 Å². The first-order valence-corrected chi connectivity index (χ1v) is 4.61. The van der Waals surface area contributed by atoms with E-state index in [0.717, 1.165) is 19.3 Å². The van der Waals surface area contributed by atoms with Crippen LogP contribution in [0.25, 0.3) is 0 Å². The van der Waals surface area contributed by atoms with Crippen LogP contribution in [0, 0.1) is 17.2 Å². The van der Waals surface area contributed by atoms with Crippen LogP contribution in [-0.4, -0.2) is 30.7 Å². The van der Waals surface area contributed by atoms with Crippen LogP contribution in [0.2, 0.25) is 0 Å². The lowest BCUT2D eigenvalue weighted by Crippen LogP contribution is -2.42. The van der Waals surface area contributed by atoms with Crippen LogP contribution in [0.4, 0.5) is 13.2 Å². The molecule has 0 spiro atoms. The predicted octanol–water partition coefficient (Wildman–Crippen LogP) is 2.17. The summed E-state index contributed by atoms with van der Waals surface area (Å²) in [7, 11) is 1.65. The fourth-order valence-electron chi connectivity index (χ4n) is 1.48. The van der Waals surface area contributed by atoms with E-state index in [0.29, 0.717) is 0 Å². The molecule has 80 valence electrons. The van der Waals surface area contributed by atoms with Crippen molar-refractivity contribution in [1.29, 1.82) is 5.26 Å². The summed E-state index contributed by atoms with van der Waals surface area (Å²) in [5, 5.41) is 8.39. The van der Waals surface area contributed by atoms with Gasteiger partial charge >= 0.3 is 6.18 Å². The second-order valence-corrected chi connectivity index (χ2v) is 3.75. The normalized spacial score (nSPS) is 20.3. The van der Waals surface area contributed by atoms with Gasteiger partial charge in [-0.25, -0.2) is 0 Å². The molecule has 0 N–H and O–H groups in total. The second kappa shape index (κ2) is 4.18. The van der Waals surface area contributed by atoms with Crippen molar-refractivity contribution in [3.05, 3.63) is 0 Å². The van der Waals surface area contributed by atoms with Crippen LogP contribution in [0.15, 0.2) is 0 Å². The first kappa shape index (κ1) is 11.3. The molecule has 2 nitrogen and oxygen atoms in total. The number of nitriles is 1. The first-order valence-electron chi connectivity index (χ1n) is 4.61. The van der Waals surface area contributed by atoms with Crippen LogP contribution in [0.1, 0.15) is 19.3 Å². The van der Waals surface area contributed by atoms with Crippen LogP contribution in [-0.2, 0) is 0 Å². The lowest BCUT2D eigenvalue weighted by atomic mass is 9.91. The van der Waals surface area contributed by atoms with E-state index in [9.17, 15) is 13.2 Å². The van der Waals surface area contributed by atoms with E-state index in [4.69, 9.17) is 5.26 Å². The molecule has 5 heteroatoms. The van der Waals surface area contributed by atoms with E-state index >= 15 is 0 Å². The number of nitrogens with zero attached hydrogens (tertiary/aromatic N) is 2. The van der Waals surface area contributed by atoms with E-state index in [1.54, 1.807) is 11.9 Å². The Kier molecular flexibility index (Phi) is 3.38. The van der Waals surface area contributed by atoms with Gasteiger partial charge in [0.1, 0.15) is 0 Å². The molecule has 0 amide bonds. The SMILES string of the molecule is CN(CC(C#N)C(F)(F)F)C1CCC1. The smallest absolute Gasteiger partial charge is 0.302 e. The molecule has 1 atom stereocenters. The molecule has 1 rings (SSSR count). The monoisotopic (exact) mass is 206 g/mol. The molecular weight excluding hydrogens is 193 g/mol. The lowest BCUT2D eigenvalue weighted by Gasteiger charge is -2.35. The molecule has 1 aliphatic rings. The summed E-state index contributed by atoms with van der Waals surface area (Å²) in [6, 6.07) is 1.55. The Labute approximate surface area is 81.3 Å². The molecule has 1 fully saturated rings. The molecule has 0 heterocycles. The van der Waals surface area contributed by atoms with E-state index < -0.39 is 12.1 Å². The Bertz CT molecular complexity index is 227. The molecule has 1 saturated carbocycles. The van der Waals surface area contributed by atoms with E-state index in [1.807, 2.05) is 0 Å². The fraction of sp³-hybridized carbons (Fsp3) is 0.889. The average molecular weight is 206 g/mol. The van der Waals surface area contributed by atoms with Crippen molar-refractivity contribution in [2.24, 2.45) is 5.92 Å².